The number of aromatic nitrogens is 4. The van der Waals surface area contributed by atoms with Crippen LogP contribution in [0.5, 0.6) is 0 Å². The first-order chi connectivity index (χ1) is 12.4. The Morgan fingerprint density at radius 2 is 2.04 bits per heavy atom. The summed E-state index contributed by atoms with van der Waals surface area (Å²) in [5.74, 6) is 1.18. The van der Waals surface area contributed by atoms with Gasteiger partial charge in [-0.3, -0.25) is 0 Å². The van der Waals surface area contributed by atoms with Crippen molar-refractivity contribution in [2.24, 2.45) is 5.92 Å². The van der Waals surface area contributed by atoms with Crippen LogP contribution in [0.2, 0.25) is 0 Å². The van der Waals surface area contributed by atoms with Crippen molar-refractivity contribution < 1.29 is 13.2 Å². The molecule has 1 unspecified atom stereocenters. The Kier molecular flexibility index (Phi) is 4.05. The Hall–Kier alpha value is -2.64. The van der Waals surface area contributed by atoms with Gasteiger partial charge in [0, 0.05) is 12.6 Å². The third-order valence-electron chi connectivity index (χ3n) is 4.82. The number of hydrogen-bond donors (Lipinski definition) is 1. The zero-order valence-corrected chi connectivity index (χ0v) is 14.2. The molecular formula is C18H18F3N5. The molecule has 1 aromatic carbocycles. The average molecular weight is 361 g/mol. The minimum absolute atomic E-state index is 0.223. The molecule has 0 radical (unpaired) electrons. The molecule has 0 bridgehead atoms. The molecule has 0 saturated heterocycles. The van der Waals surface area contributed by atoms with Gasteiger partial charge in [-0.2, -0.15) is 13.2 Å². The van der Waals surface area contributed by atoms with Crippen LogP contribution in [-0.4, -0.2) is 19.5 Å². The first-order valence-electron chi connectivity index (χ1n) is 8.51. The summed E-state index contributed by atoms with van der Waals surface area (Å²) in [5, 5.41) is 3.09. The number of halogens is 3. The van der Waals surface area contributed by atoms with Crippen LogP contribution in [0.3, 0.4) is 0 Å². The lowest BCUT2D eigenvalue weighted by Crippen LogP contribution is -2.08. The van der Waals surface area contributed by atoms with E-state index in [-0.39, 0.29) is 6.54 Å². The Balaban J connectivity index is 1.56. The van der Waals surface area contributed by atoms with Crippen molar-refractivity contribution in [1.82, 2.24) is 19.5 Å². The van der Waals surface area contributed by atoms with E-state index in [4.69, 9.17) is 0 Å². The highest BCUT2D eigenvalue weighted by Crippen LogP contribution is 2.40. The molecule has 1 saturated carbocycles. The van der Waals surface area contributed by atoms with Crippen LogP contribution in [0.25, 0.3) is 11.2 Å². The zero-order chi connectivity index (χ0) is 18.3. The number of rotatable bonds is 5. The summed E-state index contributed by atoms with van der Waals surface area (Å²) in [6.07, 6.45) is 1.29. The van der Waals surface area contributed by atoms with Gasteiger partial charge in [-0.1, -0.05) is 12.1 Å². The quantitative estimate of drug-likeness (QED) is 0.730. The summed E-state index contributed by atoms with van der Waals surface area (Å²) >= 11 is 0. The molecule has 1 N–H and O–H groups in total. The predicted molar refractivity (Wildman–Crippen MR) is 91.5 cm³/mol. The van der Waals surface area contributed by atoms with E-state index in [9.17, 15) is 13.2 Å². The van der Waals surface area contributed by atoms with E-state index in [1.165, 1.54) is 25.2 Å². The molecule has 2 heterocycles. The van der Waals surface area contributed by atoms with Crippen LogP contribution >= 0.6 is 0 Å². The number of benzene rings is 1. The van der Waals surface area contributed by atoms with Gasteiger partial charge >= 0.3 is 6.18 Å². The number of nitrogens with zero attached hydrogens (tertiary/aromatic N) is 4. The van der Waals surface area contributed by atoms with Gasteiger partial charge in [-0.25, -0.2) is 15.0 Å². The lowest BCUT2D eigenvalue weighted by molar-refractivity contribution is -0.137. The van der Waals surface area contributed by atoms with Crippen LogP contribution in [0, 0.1) is 5.92 Å². The topological polar surface area (TPSA) is 55.6 Å². The van der Waals surface area contributed by atoms with Crippen LogP contribution < -0.4 is 5.32 Å². The Morgan fingerprint density at radius 1 is 1.23 bits per heavy atom. The van der Waals surface area contributed by atoms with Crippen molar-refractivity contribution >= 4 is 17.0 Å². The lowest BCUT2D eigenvalue weighted by atomic mass is 10.1. The fraction of sp³-hybridized carbons (Fsp3) is 0.389. The molecule has 1 aliphatic carbocycles. The molecule has 8 heteroatoms. The molecule has 26 heavy (non-hydrogen) atoms. The summed E-state index contributed by atoms with van der Waals surface area (Å²) in [7, 11) is 0. The first-order valence-corrected chi connectivity index (χ1v) is 8.51. The van der Waals surface area contributed by atoms with Crippen molar-refractivity contribution in [3.63, 3.8) is 0 Å². The van der Waals surface area contributed by atoms with Crippen LogP contribution in [0.4, 0.5) is 19.0 Å². The molecule has 1 fully saturated rings. The molecule has 5 nitrogen and oxygen atoms in total. The molecule has 0 amide bonds. The Labute approximate surface area is 148 Å². The van der Waals surface area contributed by atoms with Gasteiger partial charge in [0.25, 0.3) is 0 Å². The number of imidazole rings is 1. The molecule has 0 spiro atoms. The summed E-state index contributed by atoms with van der Waals surface area (Å²) in [5.41, 5.74) is 1.24. The molecule has 3 aromatic rings. The maximum Gasteiger partial charge on any atom is 0.416 e. The first kappa shape index (κ1) is 16.8. The van der Waals surface area contributed by atoms with Crippen LogP contribution in [0.15, 0.2) is 36.9 Å². The lowest BCUT2D eigenvalue weighted by Gasteiger charge is -2.13. The fourth-order valence-electron chi connectivity index (χ4n) is 3.13. The Bertz CT molecular complexity index is 930. The van der Waals surface area contributed by atoms with E-state index in [1.807, 2.05) is 4.57 Å². The summed E-state index contributed by atoms with van der Waals surface area (Å²) in [6, 6.07) is 5.58. The molecule has 136 valence electrons. The summed E-state index contributed by atoms with van der Waals surface area (Å²) in [4.78, 5) is 13.0. The Morgan fingerprint density at radius 3 is 2.77 bits per heavy atom. The summed E-state index contributed by atoms with van der Waals surface area (Å²) < 4.78 is 40.5. The largest absolute Gasteiger partial charge is 0.416 e. The minimum Gasteiger partial charge on any atom is -0.364 e. The van der Waals surface area contributed by atoms with E-state index in [1.54, 1.807) is 12.4 Å². The van der Waals surface area contributed by atoms with Gasteiger partial charge < -0.3 is 9.88 Å². The van der Waals surface area contributed by atoms with E-state index >= 15 is 0 Å². The van der Waals surface area contributed by atoms with Gasteiger partial charge in [-0.05, 0) is 43.4 Å². The van der Waals surface area contributed by atoms with E-state index in [0.717, 1.165) is 17.8 Å². The number of nitrogens with one attached hydrogen (secondary N) is 1. The van der Waals surface area contributed by atoms with Gasteiger partial charge in [0.05, 0.1) is 11.9 Å². The van der Waals surface area contributed by atoms with Crippen molar-refractivity contribution in [2.45, 2.75) is 38.5 Å². The number of hydrogen-bond acceptors (Lipinski definition) is 4. The second-order valence-corrected chi connectivity index (χ2v) is 6.68. The third-order valence-corrected chi connectivity index (χ3v) is 4.82. The maximum atomic E-state index is 12.8. The van der Waals surface area contributed by atoms with Gasteiger partial charge in [0.1, 0.15) is 11.8 Å². The van der Waals surface area contributed by atoms with Crippen LogP contribution in [-0.2, 0) is 12.7 Å². The van der Waals surface area contributed by atoms with E-state index < -0.39 is 11.7 Å². The van der Waals surface area contributed by atoms with Gasteiger partial charge in [0.15, 0.2) is 11.5 Å². The number of fused-ring (bicyclic) bond motifs is 1. The third kappa shape index (κ3) is 3.23. The molecule has 4 rings (SSSR count). The highest BCUT2D eigenvalue weighted by atomic mass is 19.4. The zero-order valence-electron chi connectivity index (χ0n) is 14.2. The van der Waals surface area contributed by atoms with Crippen molar-refractivity contribution in [1.29, 1.82) is 0 Å². The minimum atomic E-state index is -4.35. The number of alkyl halides is 3. The second-order valence-electron chi connectivity index (χ2n) is 6.68. The van der Waals surface area contributed by atoms with Crippen LogP contribution in [0.1, 0.15) is 36.9 Å². The monoisotopic (exact) mass is 361 g/mol. The highest BCUT2D eigenvalue weighted by molar-refractivity contribution is 5.82. The molecule has 1 aliphatic rings. The molecular weight excluding hydrogens is 343 g/mol. The predicted octanol–water partition coefficient (Wildman–Crippen LogP) is 4.43. The van der Waals surface area contributed by atoms with Crippen molar-refractivity contribution in [3.05, 3.63) is 48.0 Å². The molecule has 1 atom stereocenters. The highest BCUT2D eigenvalue weighted by Gasteiger charge is 2.31. The summed E-state index contributed by atoms with van der Waals surface area (Å²) in [6.45, 7) is 2.37. The van der Waals surface area contributed by atoms with E-state index in [2.05, 4.69) is 27.2 Å². The normalized spacial score (nSPS) is 16.0. The SMILES string of the molecule is CC(C1CC1)n1cnc2c(NCc3cccc(C(F)(F)F)c3)ncnc21. The smallest absolute Gasteiger partial charge is 0.364 e. The standard InChI is InChI=1S/C18H18F3N5/c1-11(13-5-6-13)26-10-25-15-16(23-9-24-17(15)26)22-8-12-3-2-4-14(7-12)18(19,20)21/h2-4,7,9-11,13H,5-6,8H2,1H3,(H,22,23,24). The average Bonchev–Trinajstić information content (AvgIpc) is 3.38. The molecule has 2 aromatic heterocycles. The maximum absolute atomic E-state index is 12.8. The fourth-order valence-corrected chi connectivity index (χ4v) is 3.13. The van der Waals surface area contributed by atoms with Crippen molar-refractivity contribution in [2.75, 3.05) is 5.32 Å². The van der Waals surface area contributed by atoms with E-state index in [0.29, 0.717) is 28.9 Å². The van der Waals surface area contributed by atoms with Gasteiger partial charge in [-0.15, -0.1) is 0 Å². The van der Waals surface area contributed by atoms with Gasteiger partial charge in [0.2, 0.25) is 0 Å². The van der Waals surface area contributed by atoms with Crippen molar-refractivity contribution in [3.8, 4) is 0 Å². The molecule has 0 aliphatic heterocycles. The second kappa shape index (κ2) is 6.26. The number of anilines is 1.